The number of nitrogens with one attached hydrogen (secondary N) is 1. The number of carbonyl (C=O) groups is 1. The van der Waals surface area contributed by atoms with E-state index in [4.69, 9.17) is 0 Å². The number of hydrogen-bond donors (Lipinski definition) is 1. The van der Waals surface area contributed by atoms with E-state index in [2.05, 4.69) is 10.4 Å². The average molecular weight is 415 g/mol. The number of para-hydroxylation sites is 1. The second kappa shape index (κ2) is 8.22. The minimum atomic E-state index is -0.432. The highest BCUT2D eigenvalue weighted by molar-refractivity contribution is 5.95. The van der Waals surface area contributed by atoms with Crippen molar-refractivity contribution in [3.63, 3.8) is 0 Å². The number of fused-ring (bicyclic) bond motifs is 1. The van der Waals surface area contributed by atoms with Gasteiger partial charge in [0.1, 0.15) is 6.04 Å². The number of anilines is 1. The van der Waals surface area contributed by atoms with Crippen LogP contribution in [0.3, 0.4) is 0 Å². The van der Waals surface area contributed by atoms with Gasteiger partial charge in [-0.15, -0.1) is 0 Å². The molecule has 2 aromatic heterocycles. The Hall–Kier alpha value is -3.67. The van der Waals surface area contributed by atoms with Crippen molar-refractivity contribution < 1.29 is 4.79 Å². The Morgan fingerprint density at radius 3 is 2.32 bits per heavy atom. The topological polar surface area (TPSA) is 68.9 Å². The van der Waals surface area contributed by atoms with Crippen LogP contribution in [-0.2, 0) is 4.79 Å². The molecule has 4 rings (SSSR count). The zero-order valence-electron chi connectivity index (χ0n) is 18.2. The van der Waals surface area contributed by atoms with E-state index in [1.807, 2.05) is 86.9 Å². The van der Waals surface area contributed by atoms with Crippen molar-refractivity contribution in [2.24, 2.45) is 0 Å². The molecule has 0 saturated heterocycles. The molecule has 4 aromatic rings. The standard InChI is InChI=1S/C25H26N4O2/c1-5-22(24(30)27-19-13-11-16(2)12-14-19)28-17(3)21-15-26-29(20-9-7-6-8-10-20)25(31)23(21)18(28)4/h6-15,22H,5H2,1-4H3,(H,27,30)/t22-/m0/s1. The quantitative estimate of drug-likeness (QED) is 0.515. The number of hydrogen-bond acceptors (Lipinski definition) is 3. The van der Waals surface area contributed by atoms with Crippen LogP contribution in [0.25, 0.3) is 16.5 Å². The Morgan fingerprint density at radius 1 is 1.00 bits per heavy atom. The van der Waals surface area contributed by atoms with Gasteiger partial charge in [0.05, 0.1) is 17.3 Å². The summed E-state index contributed by atoms with van der Waals surface area (Å²) in [6.45, 7) is 7.82. The van der Waals surface area contributed by atoms with Gasteiger partial charge in [0.25, 0.3) is 5.56 Å². The van der Waals surface area contributed by atoms with Crippen molar-refractivity contribution >= 4 is 22.4 Å². The summed E-state index contributed by atoms with van der Waals surface area (Å²) in [7, 11) is 0. The van der Waals surface area contributed by atoms with Gasteiger partial charge in [-0.1, -0.05) is 42.8 Å². The molecule has 0 spiro atoms. The molecule has 31 heavy (non-hydrogen) atoms. The summed E-state index contributed by atoms with van der Waals surface area (Å²) in [6.07, 6.45) is 2.31. The molecule has 1 amide bonds. The van der Waals surface area contributed by atoms with Crippen LogP contribution in [0, 0.1) is 20.8 Å². The lowest BCUT2D eigenvalue weighted by molar-refractivity contribution is -0.119. The van der Waals surface area contributed by atoms with Gasteiger partial charge in [0.15, 0.2) is 0 Å². The van der Waals surface area contributed by atoms with Gasteiger partial charge >= 0.3 is 0 Å². The third-order valence-corrected chi connectivity index (χ3v) is 5.77. The molecule has 0 aliphatic rings. The van der Waals surface area contributed by atoms with Crippen molar-refractivity contribution in [2.45, 2.75) is 40.2 Å². The van der Waals surface area contributed by atoms with Crippen molar-refractivity contribution in [3.05, 3.63) is 88.1 Å². The van der Waals surface area contributed by atoms with Crippen molar-refractivity contribution in [1.29, 1.82) is 0 Å². The zero-order chi connectivity index (χ0) is 22.1. The van der Waals surface area contributed by atoms with E-state index in [9.17, 15) is 9.59 Å². The van der Waals surface area contributed by atoms with E-state index in [0.29, 0.717) is 17.5 Å². The minimum Gasteiger partial charge on any atom is -0.335 e. The fraction of sp³-hybridized carbons (Fsp3) is 0.240. The van der Waals surface area contributed by atoms with Gasteiger partial charge in [0.2, 0.25) is 5.91 Å². The third-order valence-electron chi connectivity index (χ3n) is 5.77. The van der Waals surface area contributed by atoms with Gasteiger partial charge in [-0.25, -0.2) is 0 Å². The van der Waals surface area contributed by atoms with Crippen molar-refractivity contribution in [2.75, 3.05) is 5.32 Å². The number of carbonyl (C=O) groups excluding carboxylic acids is 1. The minimum absolute atomic E-state index is 0.103. The fourth-order valence-corrected chi connectivity index (χ4v) is 4.15. The maximum atomic E-state index is 13.3. The zero-order valence-corrected chi connectivity index (χ0v) is 18.2. The summed E-state index contributed by atoms with van der Waals surface area (Å²) in [4.78, 5) is 26.5. The second-order valence-corrected chi connectivity index (χ2v) is 7.81. The summed E-state index contributed by atoms with van der Waals surface area (Å²) in [5, 5.41) is 8.77. The number of nitrogens with zero attached hydrogens (tertiary/aromatic N) is 3. The molecule has 0 aliphatic heterocycles. The Balaban J connectivity index is 1.79. The normalized spacial score (nSPS) is 12.1. The van der Waals surface area contributed by atoms with Crippen LogP contribution < -0.4 is 10.9 Å². The molecule has 0 saturated carbocycles. The van der Waals surface area contributed by atoms with E-state index in [1.165, 1.54) is 4.68 Å². The van der Waals surface area contributed by atoms with Crippen LogP contribution in [-0.4, -0.2) is 20.3 Å². The molecule has 6 nitrogen and oxygen atoms in total. The van der Waals surface area contributed by atoms with Crippen LogP contribution in [0.15, 0.2) is 65.6 Å². The summed E-state index contributed by atoms with van der Waals surface area (Å²) < 4.78 is 3.37. The van der Waals surface area contributed by atoms with Crippen molar-refractivity contribution in [1.82, 2.24) is 14.3 Å². The first kappa shape index (κ1) is 20.6. The van der Waals surface area contributed by atoms with E-state index in [1.54, 1.807) is 6.20 Å². The summed E-state index contributed by atoms with van der Waals surface area (Å²) in [6, 6.07) is 16.6. The molecule has 0 fully saturated rings. The smallest absolute Gasteiger partial charge is 0.281 e. The fourth-order valence-electron chi connectivity index (χ4n) is 4.15. The highest BCUT2D eigenvalue weighted by Crippen LogP contribution is 2.28. The number of aryl methyl sites for hydroxylation is 3. The Kier molecular flexibility index (Phi) is 5.46. The molecule has 0 aliphatic carbocycles. The predicted octanol–water partition coefficient (Wildman–Crippen LogP) is 4.70. The highest BCUT2D eigenvalue weighted by Gasteiger charge is 2.25. The Morgan fingerprint density at radius 2 is 1.68 bits per heavy atom. The lowest BCUT2D eigenvalue weighted by atomic mass is 10.1. The molecule has 6 heteroatoms. The maximum Gasteiger partial charge on any atom is 0.281 e. The first-order valence-electron chi connectivity index (χ1n) is 10.4. The lowest BCUT2D eigenvalue weighted by Gasteiger charge is -2.21. The van der Waals surface area contributed by atoms with Gasteiger partial charge in [-0.05, 0) is 51.5 Å². The molecular weight excluding hydrogens is 388 g/mol. The monoisotopic (exact) mass is 414 g/mol. The summed E-state index contributed by atoms with van der Waals surface area (Å²) >= 11 is 0. The number of aromatic nitrogens is 3. The Labute approximate surface area is 181 Å². The summed E-state index contributed by atoms with van der Waals surface area (Å²) in [5.41, 5.74) is 4.06. The average Bonchev–Trinajstić information content (AvgIpc) is 3.02. The predicted molar refractivity (Wildman–Crippen MR) is 124 cm³/mol. The van der Waals surface area contributed by atoms with E-state index < -0.39 is 6.04 Å². The molecule has 0 radical (unpaired) electrons. The van der Waals surface area contributed by atoms with Crippen LogP contribution in [0.1, 0.15) is 36.3 Å². The van der Waals surface area contributed by atoms with Gasteiger partial charge in [-0.2, -0.15) is 9.78 Å². The second-order valence-electron chi connectivity index (χ2n) is 7.81. The van der Waals surface area contributed by atoms with Gasteiger partial charge < -0.3 is 9.88 Å². The van der Waals surface area contributed by atoms with E-state index >= 15 is 0 Å². The molecule has 2 aromatic carbocycles. The molecular formula is C25H26N4O2. The van der Waals surface area contributed by atoms with Crippen molar-refractivity contribution in [3.8, 4) is 5.69 Å². The van der Waals surface area contributed by atoms with E-state index in [0.717, 1.165) is 28.0 Å². The summed E-state index contributed by atoms with van der Waals surface area (Å²) in [5.74, 6) is -0.103. The molecule has 0 unspecified atom stereocenters. The molecule has 1 N–H and O–H groups in total. The van der Waals surface area contributed by atoms with E-state index in [-0.39, 0.29) is 11.5 Å². The molecule has 2 heterocycles. The van der Waals surface area contributed by atoms with Crippen LogP contribution in [0.2, 0.25) is 0 Å². The van der Waals surface area contributed by atoms with Crippen LogP contribution in [0.4, 0.5) is 5.69 Å². The largest absolute Gasteiger partial charge is 0.335 e. The molecule has 0 bridgehead atoms. The number of amides is 1. The number of rotatable bonds is 5. The van der Waals surface area contributed by atoms with Gasteiger partial charge in [-0.3, -0.25) is 9.59 Å². The van der Waals surface area contributed by atoms with Crippen LogP contribution >= 0.6 is 0 Å². The van der Waals surface area contributed by atoms with Crippen LogP contribution in [0.5, 0.6) is 0 Å². The molecule has 158 valence electrons. The molecule has 1 atom stereocenters. The lowest BCUT2D eigenvalue weighted by Crippen LogP contribution is -2.27. The third kappa shape index (κ3) is 3.65. The highest BCUT2D eigenvalue weighted by atomic mass is 16.2. The first-order valence-corrected chi connectivity index (χ1v) is 10.4. The first-order chi connectivity index (χ1) is 14.9. The number of benzene rings is 2. The Bertz CT molecular complexity index is 1300. The van der Waals surface area contributed by atoms with Gasteiger partial charge in [0, 0.05) is 22.5 Å². The SMILES string of the molecule is CC[C@@H](C(=O)Nc1ccc(C)cc1)n1c(C)c2cnn(-c3ccccc3)c(=O)c2c1C. The maximum absolute atomic E-state index is 13.3.